The Morgan fingerprint density at radius 1 is 1.42 bits per heavy atom. The SMILES string of the molecule is CC(C)N(CCC(N)=S)c1cccc(C(F)(F)F)n1. The lowest BCUT2D eigenvalue weighted by atomic mass is 10.2. The molecule has 3 nitrogen and oxygen atoms in total. The van der Waals surface area contributed by atoms with Gasteiger partial charge >= 0.3 is 6.18 Å². The Bertz CT molecular complexity index is 446. The van der Waals surface area contributed by atoms with Crippen LogP contribution in [0.3, 0.4) is 0 Å². The summed E-state index contributed by atoms with van der Waals surface area (Å²) < 4.78 is 37.9. The topological polar surface area (TPSA) is 42.1 Å². The number of thiocarbonyl (C=S) groups is 1. The number of aromatic nitrogens is 1. The van der Waals surface area contributed by atoms with Crippen molar-refractivity contribution in [3.05, 3.63) is 23.9 Å². The Labute approximate surface area is 115 Å². The molecule has 1 rings (SSSR count). The number of hydrogen-bond acceptors (Lipinski definition) is 3. The predicted octanol–water partition coefficient (Wildman–Crippen LogP) is 2.99. The van der Waals surface area contributed by atoms with Gasteiger partial charge in [-0.25, -0.2) is 4.98 Å². The molecule has 1 aromatic heterocycles. The average Bonchev–Trinajstić information content (AvgIpc) is 2.27. The largest absolute Gasteiger partial charge is 0.433 e. The molecule has 7 heteroatoms. The van der Waals surface area contributed by atoms with Crippen molar-refractivity contribution in [1.82, 2.24) is 4.98 Å². The molecule has 0 fully saturated rings. The van der Waals surface area contributed by atoms with Crippen LogP contribution in [0.2, 0.25) is 0 Å². The summed E-state index contributed by atoms with van der Waals surface area (Å²) in [6.07, 6.45) is -4.01. The highest BCUT2D eigenvalue weighted by atomic mass is 32.1. The van der Waals surface area contributed by atoms with Gasteiger partial charge in [0.1, 0.15) is 11.5 Å². The van der Waals surface area contributed by atoms with Gasteiger partial charge < -0.3 is 10.6 Å². The standard InChI is InChI=1S/C12H16F3N3S/c1-8(2)18(7-6-10(16)19)11-5-3-4-9(17-11)12(13,14)15/h3-5,8H,6-7H2,1-2H3,(H2,16,19). The van der Waals surface area contributed by atoms with Gasteiger partial charge in [0.05, 0.1) is 4.99 Å². The fourth-order valence-corrected chi connectivity index (χ4v) is 1.70. The van der Waals surface area contributed by atoms with Gasteiger partial charge in [-0.2, -0.15) is 13.2 Å². The van der Waals surface area contributed by atoms with Crippen LogP contribution in [-0.2, 0) is 6.18 Å². The summed E-state index contributed by atoms with van der Waals surface area (Å²) in [6, 6.07) is 3.86. The van der Waals surface area contributed by atoms with Gasteiger partial charge in [-0.3, -0.25) is 0 Å². The van der Waals surface area contributed by atoms with Crippen molar-refractivity contribution in [2.75, 3.05) is 11.4 Å². The normalized spacial score (nSPS) is 11.7. The van der Waals surface area contributed by atoms with Crippen LogP contribution in [-0.4, -0.2) is 22.6 Å². The predicted molar refractivity (Wildman–Crippen MR) is 73.1 cm³/mol. The van der Waals surface area contributed by atoms with Gasteiger partial charge in [0.2, 0.25) is 0 Å². The lowest BCUT2D eigenvalue weighted by Gasteiger charge is -2.28. The lowest BCUT2D eigenvalue weighted by molar-refractivity contribution is -0.141. The van der Waals surface area contributed by atoms with Crippen molar-refractivity contribution in [2.45, 2.75) is 32.5 Å². The van der Waals surface area contributed by atoms with Crippen LogP contribution in [0.4, 0.5) is 19.0 Å². The summed E-state index contributed by atoms with van der Waals surface area (Å²) >= 11 is 4.79. The Kier molecular flexibility index (Phi) is 5.11. The van der Waals surface area contributed by atoms with Crippen LogP contribution < -0.4 is 10.6 Å². The van der Waals surface area contributed by atoms with E-state index in [1.165, 1.54) is 6.07 Å². The molecule has 0 atom stereocenters. The van der Waals surface area contributed by atoms with Crippen LogP contribution in [0.1, 0.15) is 26.0 Å². The first-order valence-electron chi connectivity index (χ1n) is 5.81. The maximum absolute atomic E-state index is 12.6. The zero-order valence-corrected chi connectivity index (χ0v) is 11.6. The maximum Gasteiger partial charge on any atom is 0.433 e. The average molecular weight is 291 g/mol. The second-order valence-corrected chi connectivity index (χ2v) is 4.91. The molecule has 0 aliphatic heterocycles. The molecular weight excluding hydrogens is 275 g/mol. The van der Waals surface area contributed by atoms with E-state index in [-0.39, 0.29) is 11.9 Å². The summed E-state index contributed by atoms with van der Waals surface area (Å²) in [6.45, 7) is 4.20. The molecule has 1 heterocycles. The van der Waals surface area contributed by atoms with Crippen molar-refractivity contribution >= 4 is 23.0 Å². The minimum absolute atomic E-state index is 0.00494. The highest BCUT2D eigenvalue weighted by Crippen LogP contribution is 2.29. The molecule has 0 radical (unpaired) electrons. The molecule has 2 N–H and O–H groups in total. The van der Waals surface area contributed by atoms with Crippen molar-refractivity contribution < 1.29 is 13.2 Å². The number of anilines is 1. The minimum atomic E-state index is -4.44. The molecule has 1 aromatic rings. The lowest BCUT2D eigenvalue weighted by Crippen LogP contribution is -2.34. The Hall–Kier alpha value is -1.37. The van der Waals surface area contributed by atoms with E-state index >= 15 is 0 Å². The summed E-state index contributed by atoms with van der Waals surface area (Å²) in [7, 11) is 0. The molecule has 0 aliphatic carbocycles. The molecule has 0 bridgehead atoms. The van der Waals surface area contributed by atoms with Crippen molar-refractivity contribution in [3.63, 3.8) is 0 Å². The van der Waals surface area contributed by atoms with E-state index in [9.17, 15) is 13.2 Å². The number of rotatable bonds is 5. The van der Waals surface area contributed by atoms with Crippen LogP contribution in [0.5, 0.6) is 0 Å². The fourth-order valence-electron chi connectivity index (χ4n) is 1.61. The van der Waals surface area contributed by atoms with Gasteiger partial charge in [0.25, 0.3) is 0 Å². The van der Waals surface area contributed by atoms with E-state index in [2.05, 4.69) is 4.98 Å². The molecule has 0 spiro atoms. The third-order valence-corrected chi connectivity index (χ3v) is 2.75. The molecule has 19 heavy (non-hydrogen) atoms. The summed E-state index contributed by atoms with van der Waals surface area (Å²) in [4.78, 5) is 5.74. The van der Waals surface area contributed by atoms with E-state index in [1.54, 1.807) is 11.0 Å². The maximum atomic E-state index is 12.6. The molecule has 0 aliphatic rings. The van der Waals surface area contributed by atoms with E-state index in [4.69, 9.17) is 18.0 Å². The molecule has 0 saturated carbocycles. The van der Waals surface area contributed by atoms with Crippen LogP contribution in [0, 0.1) is 0 Å². The number of hydrogen-bond donors (Lipinski definition) is 1. The molecule has 0 amide bonds. The van der Waals surface area contributed by atoms with Crippen LogP contribution in [0.25, 0.3) is 0 Å². The minimum Gasteiger partial charge on any atom is -0.393 e. The molecule has 0 saturated heterocycles. The Balaban J connectivity index is 2.99. The Morgan fingerprint density at radius 3 is 2.53 bits per heavy atom. The van der Waals surface area contributed by atoms with Crippen molar-refractivity contribution in [2.24, 2.45) is 5.73 Å². The Morgan fingerprint density at radius 2 is 2.05 bits per heavy atom. The van der Waals surface area contributed by atoms with Crippen LogP contribution >= 0.6 is 12.2 Å². The quantitative estimate of drug-likeness (QED) is 0.847. The van der Waals surface area contributed by atoms with Crippen molar-refractivity contribution in [3.8, 4) is 0 Å². The monoisotopic (exact) mass is 291 g/mol. The number of pyridine rings is 1. The molecule has 0 aromatic carbocycles. The van der Waals surface area contributed by atoms with Gasteiger partial charge in [-0.1, -0.05) is 18.3 Å². The second-order valence-electron chi connectivity index (χ2n) is 4.38. The van der Waals surface area contributed by atoms with E-state index < -0.39 is 11.9 Å². The second kappa shape index (κ2) is 6.18. The van der Waals surface area contributed by atoms with E-state index in [0.717, 1.165) is 6.07 Å². The number of nitrogens with two attached hydrogens (primary N) is 1. The first kappa shape index (κ1) is 15.7. The highest BCUT2D eigenvalue weighted by Gasteiger charge is 2.32. The molecule has 0 unspecified atom stereocenters. The fraction of sp³-hybridized carbons (Fsp3) is 0.500. The molecular formula is C12H16F3N3S. The first-order chi connectivity index (χ1) is 8.71. The van der Waals surface area contributed by atoms with Gasteiger partial charge in [-0.05, 0) is 26.0 Å². The van der Waals surface area contributed by atoms with Gasteiger partial charge in [-0.15, -0.1) is 0 Å². The highest BCUT2D eigenvalue weighted by molar-refractivity contribution is 7.80. The summed E-state index contributed by atoms with van der Waals surface area (Å²) in [5.74, 6) is 0.279. The number of alkyl halides is 3. The summed E-state index contributed by atoms with van der Waals surface area (Å²) in [5.41, 5.74) is 4.53. The number of nitrogens with zero attached hydrogens (tertiary/aromatic N) is 2. The van der Waals surface area contributed by atoms with Gasteiger partial charge in [0.15, 0.2) is 0 Å². The van der Waals surface area contributed by atoms with Gasteiger partial charge in [0, 0.05) is 19.0 Å². The summed E-state index contributed by atoms with van der Waals surface area (Å²) in [5, 5.41) is 0. The zero-order valence-electron chi connectivity index (χ0n) is 10.7. The third kappa shape index (κ3) is 4.66. The molecule has 106 valence electrons. The third-order valence-electron chi connectivity index (χ3n) is 2.54. The first-order valence-corrected chi connectivity index (χ1v) is 6.22. The van der Waals surface area contributed by atoms with Crippen LogP contribution in [0.15, 0.2) is 18.2 Å². The smallest absolute Gasteiger partial charge is 0.393 e. The van der Waals surface area contributed by atoms with E-state index in [1.807, 2.05) is 13.8 Å². The van der Waals surface area contributed by atoms with E-state index in [0.29, 0.717) is 18.0 Å². The zero-order chi connectivity index (χ0) is 14.6. The number of halogens is 3. The van der Waals surface area contributed by atoms with Crippen molar-refractivity contribution in [1.29, 1.82) is 0 Å².